The van der Waals surface area contributed by atoms with Crippen LogP contribution in [0.1, 0.15) is 45.6 Å². The second-order valence-electron chi connectivity index (χ2n) is 5.16. The molecule has 0 amide bonds. The fourth-order valence-electron chi connectivity index (χ4n) is 1.91. The number of hydrogen-bond acceptors (Lipinski definition) is 1. The summed E-state index contributed by atoms with van der Waals surface area (Å²) < 4.78 is 26.6. The van der Waals surface area contributed by atoms with Crippen LogP contribution in [0.3, 0.4) is 0 Å². The maximum absolute atomic E-state index is 13.5. The minimum absolute atomic E-state index is 0.0428. The van der Waals surface area contributed by atoms with Gasteiger partial charge in [-0.05, 0) is 31.7 Å². The highest BCUT2D eigenvalue weighted by Crippen LogP contribution is 2.30. The standard InChI is InChI=1S/C14H20F2O/c1-10(2)6-5-9-14(3,17)11-7-4-8-12(15)13(11)16/h4,7-8,10,17H,5-6,9H2,1-3H3. The van der Waals surface area contributed by atoms with Crippen molar-refractivity contribution >= 4 is 0 Å². The molecule has 0 aromatic heterocycles. The van der Waals surface area contributed by atoms with Gasteiger partial charge < -0.3 is 5.11 Å². The van der Waals surface area contributed by atoms with E-state index in [0.29, 0.717) is 12.3 Å². The first-order valence-corrected chi connectivity index (χ1v) is 6.01. The Kier molecular flexibility index (Phi) is 4.63. The van der Waals surface area contributed by atoms with E-state index in [1.54, 1.807) is 0 Å². The monoisotopic (exact) mass is 242 g/mol. The SMILES string of the molecule is CC(C)CCCC(C)(O)c1cccc(F)c1F. The fourth-order valence-corrected chi connectivity index (χ4v) is 1.91. The van der Waals surface area contributed by atoms with E-state index in [2.05, 4.69) is 13.8 Å². The Bertz CT molecular complexity index is 372. The van der Waals surface area contributed by atoms with E-state index >= 15 is 0 Å². The first kappa shape index (κ1) is 14.1. The molecule has 3 heteroatoms. The van der Waals surface area contributed by atoms with Crippen molar-refractivity contribution in [3.63, 3.8) is 0 Å². The normalized spacial score (nSPS) is 15.0. The average molecular weight is 242 g/mol. The highest BCUT2D eigenvalue weighted by molar-refractivity contribution is 5.24. The smallest absolute Gasteiger partial charge is 0.164 e. The lowest BCUT2D eigenvalue weighted by Crippen LogP contribution is -2.23. The van der Waals surface area contributed by atoms with Crippen molar-refractivity contribution in [3.8, 4) is 0 Å². The van der Waals surface area contributed by atoms with Gasteiger partial charge in [-0.2, -0.15) is 0 Å². The topological polar surface area (TPSA) is 20.2 Å². The molecule has 0 aliphatic heterocycles. The van der Waals surface area contributed by atoms with Gasteiger partial charge in [-0.1, -0.05) is 32.4 Å². The zero-order valence-corrected chi connectivity index (χ0v) is 10.6. The molecule has 17 heavy (non-hydrogen) atoms. The summed E-state index contributed by atoms with van der Waals surface area (Å²) in [6.07, 6.45) is 2.19. The van der Waals surface area contributed by atoms with Crippen LogP contribution in [-0.2, 0) is 5.60 Å². The van der Waals surface area contributed by atoms with Crippen LogP contribution in [-0.4, -0.2) is 5.11 Å². The molecule has 0 saturated carbocycles. The highest BCUT2D eigenvalue weighted by Gasteiger charge is 2.27. The Balaban J connectivity index is 2.78. The lowest BCUT2D eigenvalue weighted by Gasteiger charge is -2.24. The third-order valence-corrected chi connectivity index (χ3v) is 2.98. The van der Waals surface area contributed by atoms with Crippen molar-refractivity contribution in [2.24, 2.45) is 5.92 Å². The van der Waals surface area contributed by atoms with Crippen LogP contribution in [0.2, 0.25) is 0 Å². The van der Waals surface area contributed by atoms with Crippen molar-refractivity contribution in [1.29, 1.82) is 0 Å². The van der Waals surface area contributed by atoms with Gasteiger partial charge in [0.2, 0.25) is 0 Å². The summed E-state index contributed by atoms with van der Waals surface area (Å²) in [5.41, 5.74) is -1.26. The Labute approximate surface area is 101 Å². The predicted octanol–water partition coefficient (Wildman–Crippen LogP) is 4.00. The number of halogens is 2. The van der Waals surface area contributed by atoms with E-state index in [1.807, 2.05) is 0 Å². The molecule has 1 aromatic carbocycles. The maximum Gasteiger partial charge on any atom is 0.164 e. The van der Waals surface area contributed by atoms with Crippen molar-refractivity contribution in [1.82, 2.24) is 0 Å². The lowest BCUT2D eigenvalue weighted by molar-refractivity contribution is 0.0398. The molecule has 1 atom stereocenters. The van der Waals surface area contributed by atoms with Gasteiger partial charge in [0.1, 0.15) is 0 Å². The Morgan fingerprint density at radius 1 is 1.29 bits per heavy atom. The van der Waals surface area contributed by atoms with Crippen LogP contribution < -0.4 is 0 Å². The number of aliphatic hydroxyl groups is 1. The molecular weight excluding hydrogens is 222 g/mol. The molecule has 0 fully saturated rings. The van der Waals surface area contributed by atoms with E-state index in [4.69, 9.17) is 0 Å². The summed E-state index contributed by atoms with van der Waals surface area (Å²) in [7, 11) is 0. The molecule has 0 spiro atoms. The zero-order valence-electron chi connectivity index (χ0n) is 10.6. The molecule has 1 rings (SSSR count). The molecule has 0 aliphatic carbocycles. The molecule has 0 aliphatic rings. The molecule has 0 saturated heterocycles. The van der Waals surface area contributed by atoms with Gasteiger partial charge in [-0.3, -0.25) is 0 Å². The van der Waals surface area contributed by atoms with E-state index in [1.165, 1.54) is 19.1 Å². The summed E-state index contributed by atoms with van der Waals surface area (Å²) in [6.45, 7) is 5.72. The van der Waals surface area contributed by atoms with Gasteiger partial charge in [0.25, 0.3) is 0 Å². The summed E-state index contributed by atoms with van der Waals surface area (Å²) in [6, 6.07) is 3.92. The third kappa shape index (κ3) is 3.77. The molecule has 1 aromatic rings. The lowest BCUT2D eigenvalue weighted by atomic mass is 9.89. The molecule has 1 nitrogen and oxygen atoms in total. The summed E-state index contributed by atoms with van der Waals surface area (Å²) >= 11 is 0. The number of benzene rings is 1. The van der Waals surface area contributed by atoms with Crippen molar-refractivity contribution in [2.45, 2.75) is 45.6 Å². The van der Waals surface area contributed by atoms with Gasteiger partial charge in [0.15, 0.2) is 11.6 Å². The summed E-state index contributed by atoms with van der Waals surface area (Å²) in [5, 5.41) is 10.2. The van der Waals surface area contributed by atoms with Crippen molar-refractivity contribution < 1.29 is 13.9 Å². The minimum atomic E-state index is -1.30. The van der Waals surface area contributed by atoms with Crippen LogP contribution in [0, 0.1) is 17.6 Å². The molecular formula is C14H20F2O. The van der Waals surface area contributed by atoms with E-state index in [0.717, 1.165) is 18.9 Å². The predicted molar refractivity (Wildman–Crippen MR) is 64.6 cm³/mol. The van der Waals surface area contributed by atoms with Gasteiger partial charge in [0, 0.05) is 5.56 Å². The fraction of sp³-hybridized carbons (Fsp3) is 0.571. The Morgan fingerprint density at radius 2 is 1.94 bits per heavy atom. The third-order valence-electron chi connectivity index (χ3n) is 2.98. The Morgan fingerprint density at radius 3 is 2.53 bits per heavy atom. The quantitative estimate of drug-likeness (QED) is 0.827. The zero-order chi connectivity index (χ0) is 13.1. The van der Waals surface area contributed by atoms with Gasteiger partial charge in [0.05, 0.1) is 5.60 Å². The Hall–Kier alpha value is -0.960. The van der Waals surface area contributed by atoms with Gasteiger partial charge >= 0.3 is 0 Å². The molecule has 0 heterocycles. The first-order chi connectivity index (χ1) is 7.84. The van der Waals surface area contributed by atoms with Crippen LogP contribution in [0.25, 0.3) is 0 Å². The van der Waals surface area contributed by atoms with E-state index < -0.39 is 17.2 Å². The van der Waals surface area contributed by atoms with Crippen LogP contribution in [0.15, 0.2) is 18.2 Å². The van der Waals surface area contributed by atoms with Crippen LogP contribution >= 0.6 is 0 Å². The van der Waals surface area contributed by atoms with E-state index in [-0.39, 0.29) is 5.56 Å². The van der Waals surface area contributed by atoms with Crippen LogP contribution in [0.4, 0.5) is 8.78 Å². The number of rotatable bonds is 5. The average Bonchev–Trinajstić information content (AvgIpc) is 2.21. The minimum Gasteiger partial charge on any atom is -0.385 e. The van der Waals surface area contributed by atoms with E-state index in [9.17, 15) is 13.9 Å². The molecule has 1 unspecified atom stereocenters. The highest BCUT2D eigenvalue weighted by atomic mass is 19.2. The van der Waals surface area contributed by atoms with Gasteiger partial charge in [-0.25, -0.2) is 8.78 Å². The second kappa shape index (κ2) is 5.58. The number of hydrogen-bond donors (Lipinski definition) is 1. The molecule has 0 bridgehead atoms. The van der Waals surface area contributed by atoms with Crippen LogP contribution in [0.5, 0.6) is 0 Å². The van der Waals surface area contributed by atoms with Crippen molar-refractivity contribution in [3.05, 3.63) is 35.4 Å². The molecule has 0 radical (unpaired) electrons. The first-order valence-electron chi connectivity index (χ1n) is 6.01. The van der Waals surface area contributed by atoms with Gasteiger partial charge in [-0.15, -0.1) is 0 Å². The van der Waals surface area contributed by atoms with Crippen molar-refractivity contribution in [2.75, 3.05) is 0 Å². The molecule has 1 N–H and O–H groups in total. The summed E-state index contributed by atoms with van der Waals surface area (Å²) in [4.78, 5) is 0. The summed E-state index contributed by atoms with van der Waals surface area (Å²) in [5.74, 6) is -1.31. The maximum atomic E-state index is 13.5. The second-order valence-corrected chi connectivity index (χ2v) is 5.16. The molecule has 96 valence electrons. The largest absolute Gasteiger partial charge is 0.385 e.